The molecular formula is C14H20N4O4S. The molecule has 2 rings (SSSR count). The van der Waals surface area contributed by atoms with Crippen molar-refractivity contribution in [2.24, 2.45) is 21.8 Å². The van der Waals surface area contributed by atoms with Crippen LogP contribution in [0.25, 0.3) is 0 Å². The lowest BCUT2D eigenvalue weighted by Gasteiger charge is -2.21. The van der Waals surface area contributed by atoms with Crippen LogP contribution in [0.1, 0.15) is 37.0 Å². The summed E-state index contributed by atoms with van der Waals surface area (Å²) in [5, 5.41) is 2.95. The van der Waals surface area contributed by atoms with E-state index in [4.69, 9.17) is 15.9 Å². The SMILES string of the molecule is Cc1cc([C@H](NC2=NS(=O)(=O)C(C(N)=O)=C2N)C(C)C)oc1C. The lowest BCUT2D eigenvalue weighted by molar-refractivity contribution is -0.113. The molecule has 126 valence electrons. The Balaban J connectivity index is 2.41. The van der Waals surface area contributed by atoms with E-state index in [9.17, 15) is 13.2 Å². The maximum atomic E-state index is 11.9. The number of primary amides is 1. The van der Waals surface area contributed by atoms with E-state index >= 15 is 0 Å². The number of amides is 1. The number of hydrogen-bond donors (Lipinski definition) is 3. The molecule has 9 heteroatoms. The number of carbonyl (C=O) groups is 1. The first-order chi connectivity index (χ1) is 10.5. The highest BCUT2D eigenvalue weighted by atomic mass is 32.2. The molecule has 0 aromatic carbocycles. The molecule has 0 unspecified atom stereocenters. The number of carbonyl (C=O) groups excluding carboxylic acids is 1. The summed E-state index contributed by atoms with van der Waals surface area (Å²) >= 11 is 0. The number of nitrogens with two attached hydrogens (primary N) is 2. The van der Waals surface area contributed by atoms with Crippen LogP contribution in [-0.4, -0.2) is 20.2 Å². The molecule has 0 fully saturated rings. The molecule has 0 radical (unpaired) electrons. The third-order valence-electron chi connectivity index (χ3n) is 3.64. The quantitative estimate of drug-likeness (QED) is 0.732. The van der Waals surface area contributed by atoms with Crippen molar-refractivity contribution in [3.05, 3.63) is 33.8 Å². The van der Waals surface area contributed by atoms with Gasteiger partial charge in [0.15, 0.2) is 10.7 Å². The Hall–Kier alpha value is -2.29. The summed E-state index contributed by atoms with van der Waals surface area (Å²) < 4.78 is 33.0. The first kappa shape index (κ1) is 17.1. The normalized spacial score (nSPS) is 18.2. The average molecular weight is 340 g/mol. The van der Waals surface area contributed by atoms with Gasteiger partial charge in [0.05, 0.1) is 6.04 Å². The van der Waals surface area contributed by atoms with Crippen molar-refractivity contribution in [3.63, 3.8) is 0 Å². The number of furan rings is 1. The first-order valence-electron chi connectivity index (χ1n) is 7.03. The molecule has 1 aliphatic heterocycles. The Labute approximate surface area is 134 Å². The van der Waals surface area contributed by atoms with Gasteiger partial charge in [-0.25, -0.2) is 0 Å². The van der Waals surface area contributed by atoms with Crippen molar-refractivity contribution in [2.75, 3.05) is 0 Å². The van der Waals surface area contributed by atoms with Crippen LogP contribution in [0, 0.1) is 19.8 Å². The fraction of sp³-hybridized carbons (Fsp3) is 0.429. The Bertz CT molecular complexity index is 798. The van der Waals surface area contributed by atoms with Crippen molar-refractivity contribution >= 4 is 21.8 Å². The van der Waals surface area contributed by atoms with Gasteiger partial charge in [-0.1, -0.05) is 13.8 Å². The molecule has 0 saturated heterocycles. The molecule has 1 atom stereocenters. The first-order valence-corrected chi connectivity index (χ1v) is 8.47. The topological polar surface area (TPSA) is 141 Å². The van der Waals surface area contributed by atoms with E-state index in [2.05, 4.69) is 9.71 Å². The molecule has 0 bridgehead atoms. The Morgan fingerprint density at radius 3 is 2.35 bits per heavy atom. The predicted molar refractivity (Wildman–Crippen MR) is 85.7 cm³/mol. The summed E-state index contributed by atoms with van der Waals surface area (Å²) in [6.45, 7) is 7.62. The molecule has 0 spiro atoms. The molecule has 2 heterocycles. The Kier molecular flexibility index (Phi) is 4.25. The number of nitrogens with zero attached hydrogens (tertiary/aromatic N) is 1. The van der Waals surface area contributed by atoms with Crippen molar-refractivity contribution < 1.29 is 17.6 Å². The van der Waals surface area contributed by atoms with E-state index < -0.39 is 20.8 Å². The van der Waals surface area contributed by atoms with Gasteiger partial charge in [-0.2, -0.15) is 8.42 Å². The number of amidine groups is 1. The zero-order valence-corrected chi connectivity index (χ0v) is 14.2. The largest absolute Gasteiger partial charge is 0.464 e. The lowest BCUT2D eigenvalue weighted by atomic mass is 10.0. The summed E-state index contributed by atoms with van der Waals surface area (Å²) in [5.41, 5.74) is 11.5. The van der Waals surface area contributed by atoms with Gasteiger partial charge < -0.3 is 21.2 Å². The van der Waals surface area contributed by atoms with Crippen LogP contribution in [0.15, 0.2) is 25.5 Å². The van der Waals surface area contributed by atoms with E-state index in [-0.39, 0.29) is 23.5 Å². The molecule has 8 nitrogen and oxygen atoms in total. The molecule has 1 amide bonds. The highest BCUT2D eigenvalue weighted by Crippen LogP contribution is 2.28. The number of hydrogen-bond acceptors (Lipinski definition) is 6. The van der Waals surface area contributed by atoms with Crippen LogP contribution >= 0.6 is 0 Å². The standard InChI is InChI=1S/C14H20N4O4S/c1-6(2)11(9-5-7(3)8(4)22-9)17-14-10(15)12(13(16)19)23(20,21)18-14/h5-6,11H,15H2,1-4H3,(H2,16,19)(H,17,18)/t11-/m1/s1. The summed E-state index contributed by atoms with van der Waals surface area (Å²) in [4.78, 5) is 10.6. The van der Waals surface area contributed by atoms with E-state index in [1.54, 1.807) is 0 Å². The summed E-state index contributed by atoms with van der Waals surface area (Å²) in [6, 6.07) is 1.51. The van der Waals surface area contributed by atoms with E-state index in [0.29, 0.717) is 5.76 Å². The number of aryl methyl sites for hydroxylation is 2. The second-order valence-electron chi connectivity index (χ2n) is 5.78. The summed E-state index contributed by atoms with van der Waals surface area (Å²) in [5.74, 6) is 0.235. The predicted octanol–water partition coefficient (Wildman–Crippen LogP) is 0.581. The van der Waals surface area contributed by atoms with Gasteiger partial charge in [0, 0.05) is 0 Å². The van der Waals surface area contributed by atoms with Crippen molar-refractivity contribution in [1.82, 2.24) is 5.32 Å². The third kappa shape index (κ3) is 3.09. The maximum absolute atomic E-state index is 11.9. The minimum atomic E-state index is -4.17. The molecule has 0 saturated carbocycles. The minimum Gasteiger partial charge on any atom is -0.464 e. The van der Waals surface area contributed by atoms with E-state index in [1.165, 1.54) is 0 Å². The molecule has 1 aromatic heterocycles. The minimum absolute atomic E-state index is 0.0517. The second kappa shape index (κ2) is 5.73. The van der Waals surface area contributed by atoms with Gasteiger partial charge >= 0.3 is 0 Å². The number of sulfonamides is 1. The summed E-state index contributed by atoms with van der Waals surface area (Å²) in [6.07, 6.45) is 0. The zero-order chi connectivity index (χ0) is 17.5. The van der Waals surface area contributed by atoms with Crippen LogP contribution in [0.4, 0.5) is 0 Å². The zero-order valence-electron chi connectivity index (χ0n) is 13.4. The maximum Gasteiger partial charge on any atom is 0.292 e. The molecule has 5 N–H and O–H groups in total. The van der Waals surface area contributed by atoms with Gasteiger partial charge in [0.2, 0.25) is 0 Å². The van der Waals surface area contributed by atoms with Gasteiger partial charge in [-0.3, -0.25) is 4.79 Å². The summed E-state index contributed by atoms with van der Waals surface area (Å²) in [7, 11) is -4.17. The molecule has 23 heavy (non-hydrogen) atoms. The Morgan fingerprint density at radius 2 is 1.96 bits per heavy atom. The van der Waals surface area contributed by atoms with Crippen molar-refractivity contribution in [2.45, 2.75) is 33.7 Å². The van der Waals surface area contributed by atoms with E-state index in [1.807, 2.05) is 33.8 Å². The number of rotatable bonds is 4. The second-order valence-corrected chi connectivity index (χ2v) is 7.32. The van der Waals surface area contributed by atoms with Crippen LogP contribution in [0.2, 0.25) is 0 Å². The van der Waals surface area contributed by atoms with Gasteiger partial charge in [0.1, 0.15) is 17.2 Å². The molecular weight excluding hydrogens is 320 g/mol. The van der Waals surface area contributed by atoms with Gasteiger partial charge in [-0.05, 0) is 31.4 Å². The highest BCUT2D eigenvalue weighted by molar-refractivity contribution is 7.95. The van der Waals surface area contributed by atoms with E-state index in [0.717, 1.165) is 11.3 Å². The van der Waals surface area contributed by atoms with Gasteiger partial charge in [-0.15, -0.1) is 4.40 Å². The molecule has 1 aliphatic rings. The monoisotopic (exact) mass is 340 g/mol. The fourth-order valence-corrected chi connectivity index (χ4v) is 3.41. The third-order valence-corrected chi connectivity index (χ3v) is 5.00. The Morgan fingerprint density at radius 1 is 1.35 bits per heavy atom. The van der Waals surface area contributed by atoms with Crippen LogP contribution in [0.5, 0.6) is 0 Å². The highest BCUT2D eigenvalue weighted by Gasteiger charge is 2.36. The molecule has 1 aromatic rings. The van der Waals surface area contributed by atoms with Crippen LogP contribution in [-0.2, 0) is 14.8 Å². The fourth-order valence-electron chi connectivity index (χ4n) is 2.29. The van der Waals surface area contributed by atoms with Crippen molar-refractivity contribution in [1.29, 1.82) is 0 Å². The van der Waals surface area contributed by atoms with Gasteiger partial charge in [0.25, 0.3) is 15.9 Å². The lowest BCUT2D eigenvalue weighted by Crippen LogP contribution is -2.34. The molecule has 0 aliphatic carbocycles. The van der Waals surface area contributed by atoms with Crippen LogP contribution < -0.4 is 16.8 Å². The number of nitrogens with one attached hydrogen (secondary N) is 1. The van der Waals surface area contributed by atoms with Crippen molar-refractivity contribution in [3.8, 4) is 0 Å². The van der Waals surface area contributed by atoms with Crippen LogP contribution in [0.3, 0.4) is 0 Å². The average Bonchev–Trinajstić information content (AvgIpc) is 2.83. The smallest absolute Gasteiger partial charge is 0.292 e.